The SMILES string of the molecule is Cc1ccc(-c2nc(CSc3nnc(C)n3-c3ccccc3)cs2)cc1. The number of rotatable bonds is 5. The van der Waals surface area contributed by atoms with Crippen molar-refractivity contribution in [2.75, 3.05) is 0 Å². The van der Waals surface area contributed by atoms with Crippen LogP contribution >= 0.6 is 23.1 Å². The summed E-state index contributed by atoms with van der Waals surface area (Å²) >= 11 is 3.34. The Balaban J connectivity index is 1.51. The van der Waals surface area contributed by atoms with Gasteiger partial charge in [0.1, 0.15) is 10.8 Å². The van der Waals surface area contributed by atoms with E-state index in [1.807, 2.05) is 25.1 Å². The van der Waals surface area contributed by atoms with Gasteiger partial charge in [0, 0.05) is 22.4 Å². The molecule has 0 aliphatic heterocycles. The highest BCUT2D eigenvalue weighted by Gasteiger charge is 2.12. The summed E-state index contributed by atoms with van der Waals surface area (Å²) in [5.74, 6) is 1.66. The maximum Gasteiger partial charge on any atom is 0.196 e. The number of nitrogens with zero attached hydrogens (tertiary/aromatic N) is 4. The maximum absolute atomic E-state index is 4.77. The summed E-state index contributed by atoms with van der Waals surface area (Å²) in [7, 11) is 0. The van der Waals surface area contributed by atoms with Crippen LogP contribution < -0.4 is 0 Å². The first-order chi connectivity index (χ1) is 12.7. The van der Waals surface area contributed by atoms with Crippen LogP contribution in [0.2, 0.25) is 0 Å². The topological polar surface area (TPSA) is 43.6 Å². The van der Waals surface area contributed by atoms with Gasteiger partial charge in [0.2, 0.25) is 0 Å². The van der Waals surface area contributed by atoms with Crippen LogP contribution in [0.1, 0.15) is 17.1 Å². The van der Waals surface area contributed by atoms with Crippen LogP contribution in [0.15, 0.2) is 65.1 Å². The molecule has 0 spiro atoms. The van der Waals surface area contributed by atoms with Crippen molar-refractivity contribution in [3.8, 4) is 16.3 Å². The van der Waals surface area contributed by atoms with Gasteiger partial charge >= 0.3 is 0 Å². The third-order valence-corrected chi connectivity index (χ3v) is 5.91. The Morgan fingerprint density at radius 1 is 0.962 bits per heavy atom. The average molecular weight is 379 g/mol. The van der Waals surface area contributed by atoms with E-state index >= 15 is 0 Å². The molecule has 0 radical (unpaired) electrons. The Bertz CT molecular complexity index is 1000. The van der Waals surface area contributed by atoms with Crippen molar-refractivity contribution in [2.45, 2.75) is 24.8 Å². The minimum absolute atomic E-state index is 0.771. The van der Waals surface area contributed by atoms with Crippen molar-refractivity contribution >= 4 is 23.1 Å². The lowest BCUT2D eigenvalue weighted by Crippen LogP contribution is -1.98. The standard InChI is InChI=1S/C20H18N4S2/c1-14-8-10-16(11-9-14)19-21-17(12-25-19)13-26-20-23-22-15(2)24(20)18-6-4-3-5-7-18/h3-12H,13H2,1-2H3. The van der Waals surface area contributed by atoms with Gasteiger partial charge in [-0.3, -0.25) is 4.57 Å². The van der Waals surface area contributed by atoms with Crippen LogP contribution in [0.4, 0.5) is 0 Å². The molecule has 0 amide bonds. The molecule has 0 bridgehead atoms. The molecule has 4 nitrogen and oxygen atoms in total. The molecule has 4 rings (SSSR count). The molecule has 0 fully saturated rings. The second kappa shape index (κ2) is 7.43. The van der Waals surface area contributed by atoms with Gasteiger partial charge in [-0.25, -0.2) is 4.98 Å². The minimum atomic E-state index is 0.771. The third kappa shape index (κ3) is 3.57. The number of thiazole rings is 1. The van der Waals surface area contributed by atoms with E-state index in [2.05, 4.69) is 63.5 Å². The molecule has 4 aromatic rings. The number of thioether (sulfide) groups is 1. The molecule has 0 atom stereocenters. The van der Waals surface area contributed by atoms with Gasteiger partial charge in [-0.05, 0) is 26.0 Å². The largest absolute Gasteiger partial charge is 0.274 e. The van der Waals surface area contributed by atoms with Gasteiger partial charge in [-0.1, -0.05) is 59.8 Å². The maximum atomic E-state index is 4.77. The molecule has 26 heavy (non-hydrogen) atoms. The number of aromatic nitrogens is 4. The fourth-order valence-corrected chi connectivity index (χ4v) is 4.47. The van der Waals surface area contributed by atoms with Gasteiger partial charge in [0.25, 0.3) is 0 Å². The van der Waals surface area contributed by atoms with E-state index in [1.165, 1.54) is 11.1 Å². The molecule has 6 heteroatoms. The van der Waals surface area contributed by atoms with Gasteiger partial charge in [0.15, 0.2) is 5.16 Å². The van der Waals surface area contributed by atoms with E-state index in [9.17, 15) is 0 Å². The van der Waals surface area contributed by atoms with Crippen LogP contribution in [0.5, 0.6) is 0 Å². The molecule has 130 valence electrons. The van der Waals surface area contributed by atoms with Crippen molar-refractivity contribution in [1.29, 1.82) is 0 Å². The van der Waals surface area contributed by atoms with E-state index in [0.29, 0.717) is 0 Å². The summed E-state index contributed by atoms with van der Waals surface area (Å²) in [6.45, 7) is 4.07. The summed E-state index contributed by atoms with van der Waals surface area (Å²) in [6, 6.07) is 18.7. The summed E-state index contributed by atoms with van der Waals surface area (Å²) in [5.41, 5.74) is 4.57. The molecular weight excluding hydrogens is 360 g/mol. The van der Waals surface area contributed by atoms with Gasteiger partial charge < -0.3 is 0 Å². The van der Waals surface area contributed by atoms with Crippen LogP contribution in [0.3, 0.4) is 0 Å². The Kier molecular flexibility index (Phi) is 4.86. The normalized spacial score (nSPS) is 11.0. The Morgan fingerprint density at radius 2 is 1.73 bits per heavy atom. The van der Waals surface area contributed by atoms with Crippen LogP contribution in [-0.2, 0) is 5.75 Å². The molecule has 0 saturated heterocycles. The fourth-order valence-electron chi connectivity index (χ4n) is 2.65. The lowest BCUT2D eigenvalue weighted by molar-refractivity contribution is 0.868. The first-order valence-electron chi connectivity index (χ1n) is 8.32. The second-order valence-corrected chi connectivity index (χ2v) is 7.80. The molecule has 2 heterocycles. The number of benzene rings is 2. The van der Waals surface area contributed by atoms with E-state index in [0.717, 1.165) is 33.1 Å². The highest BCUT2D eigenvalue weighted by Crippen LogP contribution is 2.29. The van der Waals surface area contributed by atoms with Crippen molar-refractivity contribution in [1.82, 2.24) is 19.7 Å². The van der Waals surface area contributed by atoms with Crippen molar-refractivity contribution < 1.29 is 0 Å². The van der Waals surface area contributed by atoms with Crippen molar-refractivity contribution in [2.24, 2.45) is 0 Å². The smallest absolute Gasteiger partial charge is 0.196 e. The Hall–Kier alpha value is -2.44. The molecule has 0 saturated carbocycles. The highest BCUT2D eigenvalue weighted by molar-refractivity contribution is 7.98. The lowest BCUT2D eigenvalue weighted by Gasteiger charge is -2.07. The van der Waals surface area contributed by atoms with Crippen LogP contribution in [0.25, 0.3) is 16.3 Å². The van der Waals surface area contributed by atoms with E-state index in [-0.39, 0.29) is 0 Å². The summed E-state index contributed by atoms with van der Waals surface area (Å²) < 4.78 is 2.08. The molecule has 0 unspecified atom stereocenters. The zero-order valence-electron chi connectivity index (χ0n) is 14.6. The number of para-hydroxylation sites is 1. The third-order valence-electron chi connectivity index (χ3n) is 4.01. The molecule has 2 aromatic carbocycles. The van der Waals surface area contributed by atoms with E-state index < -0.39 is 0 Å². The predicted molar refractivity (Wildman–Crippen MR) is 108 cm³/mol. The zero-order valence-corrected chi connectivity index (χ0v) is 16.2. The average Bonchev–Trinajstić information content (AvgIpc) is 3.28. The minimum Gasteiger partial charge on any atom is -0.274 e. The molecule has 2 aromatic heterocycles. The number of hydrogen-bond acceptors (Lipinski definition) is 5. The van der Waals surface area contributed by atoms with Gasteiger partial charge in [-0.15, -0.1) is 21.5 Å². The van der Waals surface area contributed by atoms with E-state index in [1.54, 1.807) is 23.1 Å². The van der Waals surface area contributed by atoms with Crippen molar-refractivity contribution in [3.63, 3.8) is 0 Å². The quantitative estimate of drug-likeness (QED) is 0.442. The first kappa shape index (κ1) is 17.0. The van der Waals surface area contributed by atoms with E-state index in [4.69, 9.17) is 4.98 Å². The molecule has 0 aliphatic carbocycles. The summed E-state index contributed by atoms with van der Waals surface area (Å²) in [6.07, 6.45) is 0. The molecular formula is C20H18N4S2. The Morgan fingerprint density at radius 3 is 2.50 bits per heavy atom. The van der Waals surface area contributed by atoms with Gasteiger partial charge in [0.05, 0.1) is 5.69 Å². The second-order valence-electron chi connectivity index (χ2n) is 6.00. The number of aryl methyl sites for hydroxylation is 2. The molecule has 0 aliphatic rings. The zero-order chi connectivity index (χ0) is 17.9. The van der Waals surface area contributed by atoms with Crippen LogP contribution in [-0.4, -0.2) is 19.7 Å². The predicted octanol–water partition coefficient (Wildman–Crippen LogP) is 5.30. The Labute approximate surface area is 161 Å². The first-order valence-corrected chi connectivity index (χ1v) is 10.2. The van der Waals surface area contributed by atoms with Crippen LogP contribution in [0, 0.1) is 13.8 Å². The summed E-state index contributed by atoms with van der Waals surface area (Å²) in [4.78, 5) is 4.77. The lowest BCUT2D eigenvalue weighted by atomic mass is 10.2. The fraction of sp³-hybridized carbons (Fsp3) is 0.150. The van der Waals surface area contributed by atoms with Gasteiger partial charge in [-0.2, -0.15) is 0 Å². The monoisotopic (exact) mass is 378 g/mol. The van der Waals surface area contributed by atoms with Crippen molar-refractivity contribution in [3.05, 3.63) is 77.1 Å². The number of hydrogen-bond donors (Lipinski definition) is 0. The molecule has 0 N–H and O–H groups in total. The highest BCUT2D eigenvalue weighted by atomic mass is 32.2. The summed E-state index contributed by atoms with van der Waals surface area (Å²) in [5, 5.41) is 12.6.